The smallest absolute Gasteiger partial charge is 0.382 e. The van der Waals surface area contributed by atoms with Gasteiger partial charge < -0.3 is 11.1 Å². The van der Waals surface area contributed by atoms with Crippen LogP contribution in [0.2, 0.25) is 0 Å². The van der Waals surface area contributed by atoms with Gasteiger partial charge in [-0.15, -0.1) is 0 Å². The molecule has 4 N–H and O–H groups in total. The molecular formula is C20H26F3N5O3S2. The molecule has 8 nitrogen and oxygen atoms in total. The predicted octanol–water partition coefficient (Wildman–Crippen LogP) is 3.67. The fourth-order valence-corrected chi connectivity index (χ4v) is 6.40. The lowest BCUT2D eigenvalue weighted by Gasteiger charge is -2.29. The molecule has 1 aliphatic rings. The Morgan fingerprint density at radius 2 is 1.88 bits per heavy atom. The summed E-state index contributed by atoms with van der Waals surface area (Å²) < 4.78 is 66.7. The Morgan fingerprint density at radius 3 is 2.48 bits per heavy atom. The SMILES string of the molecule is CC(C)CS(=O)(=O)N[C@H]1CC[C@H](Nc2nc(N)c(C(=O)c3cccnc3C(F)(F)F)s2)CC1. The number of hydrogen-bond acceptors (Lipinski definition) is 8. The molecule has 2 aromatic rings. The van der Waals surface area contributed by atoms with Gasteiger partial charge in [-0.05, 0) is 43.7 Å². The van der Waals surface area contributed by atoms with Crippen LogP contribution in [0.1, 0.15) is 60.5 Å². The number of carbonyl (C=O) groups is 1. The highest BCUT2D eigenvalue weighted by atomic mass is 32.2. The zero-order valence-corrected chi connectivity index (χ0v) is 19.8. The molecule has 1 aliphatic carbocycles. The topological polar surface area (TPSA) is 127 Å². The third-order valence-corrected chi connectivity index (χ3v) is 7.93. The molecule has 0 unspecified atom stereocenters. The predicted molar refractivity (Wildman–Crippen MR) is 121 cm³/mol. The average molecular weight is 506 g/mol. The van der Waals surface area contributed by atoms with Crippen molar-refractivity contribution >= 4 is 38.1 Å². The number of nitrogens with two attached hydrogens (primary N) is 1. The Bertz CT molecular complexity index is 1090. The van der Waals surface area contributed by atoms with Gasteiger partial charge in [0.05, 0.1) is 11.3 Å². The number of carbonyl (C=O) groups excluding carboxylic acids is 1. The normalized spacial score (nSPS) is 19.6. The van der Waals surface area contributed by atoms with Crippen LogP contribution in [0.3, 0.4) is 0 Å². The zero-order valence-electron chi connectivity index (χ0n) is 18.1. The molecule has 2 heterocycles. The van der Waals surface area contributed by atoms with Crippen molar-refractivity contribution in [2.75, 3.05) is 16.8 Å². The van der Waals surface area contributed by atoms with Crippen molar-refractivity contribution in [2.45, 2.75) is 57.8 Å². The molecule has 13 heteroatoms. The summed E-state index contributed by atoms with van der Waals surface area (Å²) in [6, 6.07) is 2.16. The number of hydrogen-bond donors (Lipinski definition) is 3. The van der Waals surface area contributed by atoms with Crippen LogP contribution in [0.4, 0.5) is 24.1 Å². The van der Waals surface area contributed by atoms with E-state index in [0.29, 0.717) is 30.8 Å². The van der Waals surface area contributed by atoms with E-state index >= 15 is 0 Å². The van der Waals surface area contributed by atoms with E-state index in [1.165, 1.54) is 6.07 Å². The van der Waals surface area contributed by atoms with E-state index < -0.39 is 33.2 Å². The molecule has 0 radical (unpaired) electrons. The Balaban J connectivity index is 1.64. The number of ketones is 1. The highest BCUT2D eigenvalue weighted by Gasteiger charge is 2.38. The van der Waals surface area contributed by atoms with Gasteiger partial charge in [0.25, 0.3) is 0 Å². The number of halogens is 3. The lowest BCUT2D eigenvalue weighted by molar-refractivity contribution is -0.141. The van der Waals surface area contributed by atoms with E-state index in [1.807, 2.05) is 13.8 Å². The first-order chi connectivity index (χ1) is 15.4. The van der Waals surface area contributed by atoms with Gasteiger partial charge in [0.1, 0.15) is 10.7 Å². The molecule has 182 valence electrons. The summed E-state index contributed by atoms with van der Waals surface area (Å²) in [5.41, 5.74) is 3.98. The van der Waals surface area contributed by atoms with E-state index in [2.05, 4.69) is 20.0 Å². The van der Waals surface area contributed by atoms with Crippen molar-refractivity contribution in [3.8, 4) is 0 Å². The molecule has 0 spiro atoms. The highest BCUT2D eigenvalue weighted by Crippen LogP contribution is 2.34. The van der Waals surface area contributed by atoms with E-state index in [1.54, 1.807) is 0 Å². The van der Waals surface area contributed by atoms with Gasteiger partial charge in [-0.3, -0.25) is 9.78 Å². The van der Waals surface area contributed by atoms with Gasteiger partial charge in [-0.2, -0.15) is 13.2 Å². The van der Waals surface area contributed by atoms with Crippen molar-refractivity contribution in [3.05, 3.63) is 34.5 Å². The summed E-state index contributed by atoms with van der Waals surface area (Å²) in [5.74, 6) is -0.930. The quantitative estimate of drug-likeness (QED) is 0.467. The standard InChI is InChI=1S/C20H26F3N5O3S2/c1-11(2)10-33(30,31)28-13-7-5-12(6-8-13)26-19-27-18(24)16(32-19)15(29)14-4-3-9-25-17(14)20(21,22)23/h3-4,9,11-13,28H,5-8,10,24H2,1-2H3,(H,26,27)/t12-,13-. The van der Waals surface area contributed by atoms with Gasteiger partial charge in [-0.25, -0.2) is 18.1 Å². The Kier molecular flexibility index (Phi) is 7.64. The van der Waals surface area contributed by atoms with Crippen LogP contribution in [0, 0.1) is 5.92 Å². The number of alkyl halides is 3. The third kappa shape index (κ3) is 6.64. The molecular weight excluding hydrogens is 479 g/mol. The Hall–Kier alpha value is -2.25. The van der Waals surface area contributed by atoms with E-state index in [0.717, 1.165) is 23.6 Å². The minimum Gasteiger partial charge on any atom is -0.382 e. The fourth-order valence-electron chi connectivity index (χ4n) is 3.76. The Labute approximate surface area is 194 Å². The maximum atomic E-state index is 13.2. The number of nitrogens with one attached hydrogen (secondary N) is 2. The number of thiazole rings is 1. The van der Waals surface area contributed by atoms with Crippen LogP contribution in [-0.2, 0) is 16.2 Å². The second kappa shape index (κ2) is 9.94. The molecule has 0 bridgehead atoms. The summed E-state index contributed by atoms with van der Waals surface area (Å²) in [6.07, 6.45) is -1.21. The monoisotopic (exact) mass is 505 g/mol. The summed E-state index contributed by atoms with van der Waals surface area (Å²) in [5, 5.41) is 3.50. The van der Waals surface area contributed by atoms with E-state index in [4.69, 9.17) is 5.73 Å². The summed E-state index contributed by atoms with van der Waals surface area (Å²) >= 11 is 0.890. The maximum absolute atomic E-state index is 13.2. The molecule has 2 aromatic heterocycles. The van der Waals surface area contributed by atoms with Crippen LogP contribution < -0.4 is 15.8 Å². The Morgan fingerprint density at radius 1 is 1.24 bits per heavy atom. The van der Waals surface area contributed by atoms with E-state index in [9.17, 15) is 26.4 Å². The van der Waals surface area contributed by atoms with Gasteiger partial charge >= 0.3 is 6.18 Å². The second-order valence-electron chi connectivity index (χ2n) is 8.45. The molecule has 33 heavy (non-hydrogen) atoms. The molecule has 0 amide bonds. The van der Waals surface area contributed by atoms with Crippen LogP contribution in [-0.4, -0.2) is 42.0 Å². The van der Waals surface area contributed by atoms with Crippen LogP contribution in [0.25, 0.3) is 0 Å². The molecule has 3 rings (SSSR count). The summed E-state index contributed by atoms with van der Waals surface area (Å²) in [6.45, 7) is 3.69. The van der Waals surface area contributed by atoms with Crippen LogP contribution >= 0.6 is 11.3 Å². The minimum absolute atomic E-state index is 0.0199. The van der Waals surface area contributed by atoms with Gasteiger partial charge in [0.2, 0.25) is 15.8 Å². The van der Waals surface area contributed by atoms with Crippen molar-refractivity contribution in [3.63, 3.8) is 0 Å². The lowest BCUT2D eigenvalue weighted by atomic mass is 9.92. The first-order valence-corrected chi connectivity index (χ1v) is 12.9. The number of pyridine rings is 1. The van der Waals surface area contributed by atoms with Gasteiger partial charge in [0, 0.05) is 18.3 Å². The first-order valence-electron chi connectivity index (χ1n) is 10.5. The van der Waals surface area contributed by atoms with Crippen LogP contribution in [0.5, 0.6) is 0 Å². The number of anilines is 2. The van der Waals surface area contributed by atoms with E-state index in [-0.39, 0.29) is 34.4 Å². The largest absolute Gasteiger partial charge is 0.434 e. The molecule has 1 fully saturated rings. The van der Waals surface area contributed by atoms with Crippen molar-refractivity contribution in [1.82, 2.24) is 14.7 Å². The summed E-state index contributed by atoms with van der Waals surface area (Å²) in [4.78, 5) is 20.1. The molecule has 0 aromatic carbocycles. The minimum atomic E-state index is -4.78. The third-order valence-electron chi connectivity index (χ3n) is 5.13. The molecule has 1 saturated carbocycles. The zero-order chi connectivity index (χ0) is 24.4. The molecule has 0 aliphatic heterocycles. The van der Waals surface area contributed by atoms with Gasteiger partial charge in [-0.1, -0.05) is 25.2 Å². The molecule has 0 atom stereocenters. The maximum Gasteiger partial charge on any atom is 0.434 e. The number of aromatic nitrogens is 2. The molecule has 0 saturated heterocycles. The van der Waals surface area contributed by atoms with Gasteiger partial charge in [0.15, 0.2) is 10.8 Å². The lowest BCUT2D eigenvalue weighted by Crippen LogP contribution is -2.41. The van der Waals surface area contributed by atoms with Crippen molar-refractivity contribution < 1.29 is 26.4 Å². The average Bonchev–Trinajstić information content (AvgIpc) is 3.07. The highest BCUT2D eigenvalue weighted by molar-refractivity contribution is 7.89. The van der Waals surface area contributed by atoms with Crippen molar-refractivity contribution in [1.29, 1.82) is 0 Å². The number of nitrogen functional groups attached to an aromatic ring is 1. The number of nitrogens with zero attached hydrogens (tertiary/aromatic N) is 2. The van der Waals surface area contributed by atoms with Crippen molar-refractivity contribution in [2.24, 2.45) is 5.92 Å². The van der Waals surface area contributed by atoms with Crippen LogP contribution in [0.15, 0.2) is 18.3 Å². The summed E-state index contributed by atoms with van der Waals surface area (Å²) in [7, 11) is -3.33. The number of sulfonamides is 1. The second-order valence-corrected chi connectivity index (χ2v) is 11.2. The number of rotatable bonds is 8. The first kappa shape index (κ1) is 25.4. The fraction of sp³-hybridized carbons (Fsp3) is 0.550.